The summed E-state index contributed by atoms with van der Waals surface area (Å²) in [7, 11) is 0. The van der Waals surface area contributed by atoms with Crippen molar-refractivity contribution in [2.24, 2.45) is 0 Å². The van der Waals surface area contributed by atoms with Gasteiger partial charge >= 0.3 is 18.4 Å². The van der Waals surface area contributed by atoms with Gasteiger partial charge in [0.2, 0.25) is 0 Å². The standard InChI is InChI=1S/C23H29F6N3O2/c1-16-4-5-17(18(14-16)30-9-3-10-30)15-32-11-2-6-21(32)7-12-31(13-8-21)20(33)34-19(22(24,25)26)23(27,28)29/h4-5,14,19H,2-3,6-13,15H2,1H3. The summed E-state index contributed by atoms with van der Waals surface area (Å²) in [6.45, 7) is 5.81. The van der Waals surface area contributed by atoms with Gasteiger partial charge in [-0.25, -0.2) is 4.79 Å². The molecule has 5 nitrogen and oxygen atoms in total. The number of hydrogen-bond donors (Lipinski definition) is 0. The van der Waals surface area contributed by atoms with Gasteiger partial charge in [0.1, 0.15) is 0 Å². The van der Waals surface area contributed by atoms with E-state index in [-0.39, 0.29) is 18.6 Å². The minimum Gasteiger partial charge on any atom is -0.426 e. The normalized spacial score (nSPS) is 21.3. The van der Waals surface area contributed by atoms with Gasteiger partial charge in [0, 0.05) is 44.0 Å². The number of alkyl halides is 6. The fourth-order valence-electron chi connectivity index (χ4n) is 5.27. The Morgan fingerprint density at radius 1 is 0.971 bits per heavy atom. The molecule has 3 aliphatic rings. The summed E-state index contributed by atoms with van der Waals surface area (Å²) >= 11 is 0. The summed E-state index contributed by atoms with van der Waals surface area (Å²) in [6.07, 6.45) is -13.1. The van der Waals surface area contributed by atoms with E-state index in [4.69, 9.17) is 0 Å². The first-order chi connectivity index (χ1) is 15.9. The van der Waals surface area contributed by atoms with E-state index in [0.29, 0.717) is 12.8 Å². The molecule has 0 radical (unpaired) electrons. The highest BCUT2D eigenvalue weighted by atomic mass is 19.4. The van der Waals surface area contributed by atoms with E-state index in [9.17, 15) is 31.1 Å². The molecule has 3 saturated heterocycles. The van der Waals surface area contributed by atoms with Crippen LogP contribution in [0.2, 0.25) is 0 Å². The quantitative estimate of drug-likeness (QED) is 0.536. The van der Waals surface area contributed by atoms with Gasteiger partial charge in [-0.05, 0) is 62.8 Å². The van der Waals surface area contributed by atoms with Gasteiger partial charge in [-0.15, -0.1) is 0 Å². The topological polar surface area (TPSA) is 36.0 Å². The second kappa shape index (κ2) is 9.13. The zero-order valence-electron chi connectivity index (χ0n) is 19.0. The molecule has 0 unspecified atom stereocenters. The lowest BCUT2D eigenvalue weighted by atomic mass is 9.84. The molecule has 3 aliphatic heterocycles. The maximum Gasteiger partial charge on any atom is 0.434 e. The van der Waals surface area contributed by atoms with Crippen molar-refractivity contribution >= 4 is 11.8 Å². The zero-order chi connectivity index (χ0) is 24.7. The molecule has 1 spiro atoms. The number of carbonyl (C=O) groups excluding carboxylic acids is 1. The maximum absolute atomic E-state index is 12.8. The molecule has 1 aromatic carbocycles. The zero-order valence-corrected chi connectivity index (χ0v) is 19.0. The number of likely N-dealkylation sites (tertiary alicyclic amines) is 2. The van der Waals surface area contributed by atoms with E-state index in [2.05, 4.69) is 39.7 Å². The second-order valence-electron chi connectivity index (χ2n) is 9.56. The minimum atomic E-state index is -5.71. The van der Waals surface area contributed by atoms with Crippen LogP contribution in [0.3, 0.4) is 0 Å². The molecule has 0 aliphatic carbocycles. The lowest BCUT2D eigenvalue weighted by Gasteiger charge is -2.45. The summed E-state index contributed by atoms with van der Waals surface area (Å²) in [5, 5.41) is 0. The number of halogens is 6. The van der Waals surface area contributed by atoms with Crippen LogP contribution in [0.25, 0.3) is 0 Å². The molecule has 34 heavy (non-hydrogen) atoms. The number of aryl methyl sites for hydroxylation is 1. The highest BCUT2D eigenvalue weighted by Crippen LogP contribution is 2.41. The summed E-state index contributed by atoms with van der Waals surface area (Å²) in [5.74, 6) is 0. The molecule has 1 amide bonds. The third-order valence-corrected chi connectivity index (χ3v) is 7.31. The first-order valence-electron chi connectivity index (χ1n) is 11.6. The average molecular weight is 493 g/mol. The fraction of sp³-hybridized carbons (Fsp3) is 0.696. The number of ether oxygens (including phenoxy) is 1. The molecule has 0 atom stereocenters. The van der Waals surface area contributed by atoms with Gasteiger partial charge in [0.25, 0.3) is 6.10 Å². The molecule has 1 aromatic rings. The van der Waals surface area contributed by atoms with Crippen LogP contribution >= 0.6 is 0 Å². The monoisotopic (exact) mass is 493 g/mol. The molecular weight excluding hydrogens is 464 g/mol. The lowest BCUT2D eigenvalue weighted by Crippen LogP contribution is -2.54. The summed E-state index contributed by atoms with van der Waals surface area (Å²) < 4.78 is 80.4. The lowest BCUT2D eigenvalue weighted by molar-refractivity contribution is -0.308. The smallest absolute Gasteiger partial charge is 0.426 e. The van der Waals surface area contributed by atoms with E-state index in [0.717, 1.165) is 50.3 Å². The number of nitrogens with zero attached hydrogens (tertiary/aromatic N) is 3. The Kier molecular flexibility index (Phi) is 6.69. The van der Waals surface area contributed by atoms with E-state index in [1.165, 1.54) is 16.8 Å². The highest BCUT2D eigenvalue weighted by molar-refractivity contribution is 5.68. The van der Waals surface area contributed by atoms with Crippen molar-refractivity contribution in [1.29, 1.82) is 0 Å². The summed E-state index contributed by atoms with van der Waals surface area (Å²) in [5.41, 5.74) is 3.40. The summed E-state index contributed by atoms with van der Waals surface area (Å²) in [6, 6.07) is 6.40. The minimum absolute atomic E-state index is 0.0602. The van der Waals surface area contributed by atoms with E-state index >= 15 is 0 Å². The number of benzene rings is 1. The van der Waals surface area contributed by atoms with Gasteiger partial charge in [0.05, 0.1) is 0 Å². The molecule has 3 fully saturated rings. The van der Waals surface area contributed by atoms with Crippen molar-refractivity contribution < 1.29 is 35.9 Å². The largest absolute Gasteiger partial charge is 0.434 e. The van der Waals surface area contributed by atoms with E-state index in [1.54, 1.807) is 0 Å². The molecule has 0 N–H and O–H groups in total. The van der Waals surface area contributed by atoms with Crippen LogP contribution in [0.15, 0.2) is 18.2 Å². The van der Waals surface area contributed by atoms with Crippen molar-refractivity contribution in [2.45, 2.75) is 69.6 Å². The molecule has 0 saturated carbocycles. The Morgan fingerprint density at radius 2 is 1.62 bits per heavy atom. The SMILES string of the molecule is Cc1ccc(CN2CCCC23CCN(C(=O)OC(C(F)(F)F)C(F)(F)F)CC3)c(N2CCC2)c1. The van der Waals surface area contributed by atoms with E-state index < -0.39 is 24.5 Å². The van der Waals surface area contributed by atoms with Crippen molar-refractivity contribution in [3.8, 4) is 0 Å². The van der Waals surface area contributed by atoms with Crippen LogP contribution in [-0.4, -0.2) is 72.6 Å². The van der Waals surface area contributed by atoms with Gasteiger partial charge in [-0.3, -0.25) is 4.90 Å². The molecule has 0 bridgehead atoms. The van der Waals surface area contributed by atoms with Crippen molar-refractivity contribution in [3.63, 3.8) is 0 Å². The first kappa shape index (κ1) is 24.9. The Balaban J connectivity index is 1.41. The van der Waals surface area contributed by atoms with Gasteiger partial charge in [-0.2, -0.15) is 26.3 Å². The van der Waals surface area contributed by atoms with Crippen molar-refractivity contribution in [2.75, 3.05) is 37.6 Å². The number of carbonyl (C=O) groups is 1. The number of amides is 1. The Morgan fingerprint density at radius 3 is 2.18 bits per heavy atom. The molecule has 11 heteroatoms. The Labute approximate surface area is 194 Å². The van der Waals surface area contributed by atoms with Gasteiger partial charge in [-0.1, -0.05) is 12.1 Å². The van der Waals surface area contributed by atoms with Gasteiger partial charge in [0.15, 0.2) is 0 Å². The van der Waals surface area contributed by atoms with Crippen molar-refractivity contribution in [1.82, 2.24) is 9.80 Å². The second-order valence-corrected chi connectivity index (χ2v) is 9.56. The molecule has 3 heterocycles. The molecule has 4 rings (SSSR count). The Hall–Kier alpha value is -2.17. The predicted octanol–water partition coefficient (Wildman–Crippen LogP) is 5.27. The Bertz CT molecular complexity index is 878. The van der Waals surface area contributed by atoms with Crippen LogP contribution in [0.5, 0.6) is 0 Å². The fourth-order valence-corrected chi connectivity index (χ4v) is 5.27. The third-order valence-electron chi connectivity index (χ3n) is 7.31. The first-order valence-corrected chi connectivity index (χ1v) is 11.6. The third kappa shape index (κ3) is 5.08. The summed E-state index contributed by atoms with van der Waals surface area (Å²) in [4.78, 5) is 17.8. The maximum atomic E-state index is 12.8. The van der Waals surface area contributed by atoms with Crippen LogP contribution in [0.1, 0.15) is 43.2 Å². The molecule has 0 aromatic heterocycles. The van der Waals surface area contributed by atoms with Gasteiger partial charge < -0.3 is 14.5 Å². The molecular formula is C23H29F6N3O2. The highest BCUT2D eigenvalue weighted by Gasteiger charge is 2.60. The number of piperidine rings is 1. The molecule has 190 valence electrons. The van der Waals surface area contributed by atoms with Crippen LogP contribution in [0.4, 0.5) is 36.8 Å². The number of rotatable bonds is 4. The number of hydrogen-bond acceptors (Lipinski definition) is 4. The van der Waals surface area contributed by atoms with E-state index in [1.807, 2.05) is 0 Å². The van der Waals surface area contributed by atoms with Crippen LogP contribution < -0.4 is 4.90 Å². The average Bonchev–Trinajstić information content (AvgIpc) is 3.07. The van der Waals surface area contributed by atoms with Crippen molar-refractivity contribution in [3.05, 3.63) is 29.3 Å². The predicted molar refractivity (Wildman–Crippen MR) is 114 cm³/mol. The van der Waals surface area contributed by atoms with Crippen LogP contribution in [-0.2, 0) is 11.3 Å². The van der Waals surface area contributed by atoms with Crippen LogP contribution in [0, 0.1) is 6.92 Å². The number of anilines is 1.